The number of rotatable bonds is 7. The number of nitrogens with zero attached hydrogens (tertiary/aromatic N) is 5. The van der Waals surface area contributed by atoms with Gasteiger partial charge in [-0.2, -0.15) is 5.26 Å². The Balaban J connectivity index is 1.59. The molecule has 8 heteroatoms. The first kappa shape index (κ1) is 21.4. The Kier molecular flexibility index (Phi) is 6.90. The lowest BCUT2D eigenvalue weighted by Gasteiger charge is -2.20. The molecule has 1 amide bonds. The zero-order valence-corrected chi connectivity index (χ0v) is 18.5. The molecule has 4 rings (SSSR count). The number of benzene rings is 2. The average molecular weight is 452 g/mol. The lowest BCUT2D eigenvalue weighted by atomic mass is 10.2. The van der Waals surface area contributed by atoms with Gasteiger partial charge in [-0.05, 0) is 37.1 Å². The quantitative estimate of drug-likeness (QED) is 0.357. The second-order valence-corrected chi connectivity index (χ2v) is 8.71. The minimum atomic E-state index is -0.141. The van der Waals surface area contributed by atoms with Crippen molar-refractivity contribution in [1.29, 1.82) is 5.26 Å². The third-order valence-electron chi connectivity index (χ3n) is 5.39. The second-order valence-electron chi connectivity index (χ2n) is 7.36. The maximum Gasteiger partial charge on any atom is 0.238 e. The van der Waals surface area contributed by atoms with Crippen molar-refractivity contribution in [3.05, 3.63) is 59.6 Å². The molecule has 0 bridgehead atoms. The van der Waals surface area contributed by atoms with Gasteiger partial charge in [0, 0.05) is 17.3 Å². The number of thioether (sulfide) groups is 1. The minimum Gasteiger partial charge on any atom is -0.299 e. The van der Waals surface area contributed by atoms with E-state index in [2.05, 4.69) is 20.8 Å². The molecule has 1 aliphatic carbocycles. The number of anilines is 1. The molecule has 0 atom stereocenters. The van der Waals surface area contributed by atoms with Crippen LogP contribution in [0, 0.1) is 11.3 Å². The first-order chi connectivity index (χ1) is 15.2. The molecule has 3 aromatic rings. The van der Waals surface area contributed by atoms with E-state index < -0.39 is 0 Å². The summed E-state index contributed by atoms with van der Waals surface area (Å²) in [6.45, 7) is 0.00357. The standard InChI is InChI=1S/C23H22ClN5OS/c24-20-13-7-6-12-19(20)22-26-27-23(29(22)18-10-4-5-11-18)31-16-21(30)28(15-14-25)17-8-2-1-3-9-17/h1-3,6-9,12-13,18H,4-5,10-11,15-16H2. The fourth-order valence-corrected chi connectivity index (χ4v) is 5.00. The molecule has 0 radical (unpaired) electrons. The number of aromatic nitrogens is 3. The monoisotopic (exact) mass is 451 g/mol. The van der Waals surface area contributed by atoms with Crippen molar-refractivity contribution in [3.63, 3.8) is 0 Å². The fourth-order valence-electron chi connectivity index (χ4n) is 3.90. The van der Waals surface area contributed by atoms with Crippen LogP contribution in [0.15, 0.2) is 59.8 Å². The Labute approximate surface area is 190 Å². The summed E-state index contributed by atoms with van der Waals surface area (Å²) >= 11 is 7.80. The van der Waals surface area contributed by atoms with E-state index >= 15 is 0 Å². The van der Waals surface area contributed by atoms with Gasteiger partial charge in [0.05, 0.1) is 16.8 Å². The van der Waals surface area contributed by atoms with Crippen LogP contribution in [0.1, 0.15) is 31.7 Å². The highest BCUT2D eigenvalue weighted by molar-refractivity contribution is 7.99. The van der Waals surface area contributed by atoms with Gasteiger partial charge in [-0.3, -0.25) is 14.3 Å². The molecule has 0 spiro atoms. The van der Waals surface area contributed by atoms with Crippen molar-refractivity contribution in [2.75, 3.05) is 17.2 Å². The topological polar surface area (TPSA) is 74.8 Å². The Morgan fingerprint density at radius 2 is 1.84 bits per heavy atom. The fraction of sp³-hybridized carbons (Fsp3) is 0.304. The van der Waals surface area contributed by atoms with E-state index in [-0.39, 0.29) is 18.2 Å². The van der Waals surface area contributed by atoms with Crippen molar-refractivity contribution in [3.8, 4) is 17.5 Å². The highest BCUT2D eigenvalue weighted by Crippen LogP contribution is 2.38. The van der Waals surface area contributed by atoms with Gasteiger partial charge < -0.3 is 0 Å². The summed E-state index contributed by atoms with van der Waals surface area (Å²) in [5, 5.41) is 19.4. The van der Waals surface area contributed by atoms with Gasteiger partial charge >= 0.3 is 0 Å². The van der Waals surface area contributed by atoms with Crippen molar-refractivity contribution >= 4 is 35.0 Å². The maximum atomic E-state index is 12.9. The molecule has 2 aromatic carbocycles. The Hall–Kier alpha value is -2.82. The van der Waals surface area contributed by atoms with Crippen LogP contribution in [0.5, 0.6) is 0 Å². The first-order valence-corrected chi connectivity index (χ1v) is 11.6. The van der Waals surface area contributed by atoms with Gasteiger partial charge in [0.2, 0.25) is 5.91 Å². The minimum absolute atomic E-state index is 0.00357. The summed E-state index contributed by atoms with van der Waals surface area (Å²) in [6.07, 6.45) is 4.44. The number of para-hydroxylation sites is 1. The Bertz CT molecular complexity index is 1090. The van der Waals surface area contributed by atoms with Crippen LogP contribution in [-0.2, 0) is 4.79 Å². The summed E-state index contributed by atoms with van der Waals surface area (Å²) in [5.74, 6) is 0.770. The largest absolute Gasteiger partial charge is 0.299 e. The number of carbonyl (C=O) groups is 1. The van der Waals surface area contributed by atoms with E-state index in [0.717, 1.165) is 37.1 Å². The molecule has 0 aliphatic heterocycles. The SMILES string of the molecule is N#CCN(C(=O)CSc1nnc(-c2ccccc2Cl)n1C1CCCC1)c1ccccc1. The summed E-state index contributed by atoms with van der Waals surface area (Å²) in [4.78, 5) is 14.4. The van der Waals surface area contributed by atoms with Crippen molar-refractivity contribution in [2.45, 2.75) is 36.9 Å². The van der Waals surface area contributed by atoms with Crippen LogP contribution >= 0.6 is 23.4 Å². The molecular weight excluding hydrogens is 430 g/mol. The molecular formula is C23H22ClN5OS. The van der Waals surface area contributed by atoms with Crippen LogP contribution in [0.2, 0.25) is 5.02 Å². The van der Waals surface area contributed by atoms with Gasteiger partial charge in [0.1, 0.15) is 6.54 Å². The van der Waals surface area contributed by atoms with Gasteiger partial charge in [0.25, 0.3) is 0 Å². The van der Waals surface area contributed by atoms with Crippen LogP contribution in [0.25, 0.3) is 11.4 Å². The van der Waals surface area contributed by atoms with Crippen molar-refractivity contribution in [1.82, 2.24) is 14.8 Å². The smallest absolute Gasteiger partial charge is 0.238 e. The second kappa shape index (κ2) is 9.99. The summed E-state index contributed by atoms with van der Waals surface area (Å²) in [5.41, 5.74) is 1.56. The van der Waals surface area contributed by atoms with E-state index in [1.165, 1.54) is 16.7 Å². The van der Waals surface area contributed by atoms with Crippen LogP contribution in [-0.4, -0.2) is 33.0 Å². The molecule has 1 fully saturated rings. The molecule has 1 heterocycles. The highest BCUT2D eigenvalue weighted by Gasteiger charge is 2.26. The third kappa shape index (κ3) is 4.76. The molecule has 1 aromatic heterocycles. The first-order valence-electron chi connectivity index (χ1n) is 10.2. The lowest BCUT2D eigenvalue weighted by molar-refractivity contribution is -0.116. The number of carbonyl (C=O) groups excluding carboxylic acids is 1. The van der Waals surface area contributed by atoms with E-state index in [1.807, 2.05) is 54.6 Å². The Morgan fingerprint density at radius 3 is 2.55 bits per heavy atom. The molecule has 1 saturated carbocycles. The molecule has 0 saturated heterocycles. The van der Waals surface area contributed by atoms with E-state index in [9.17, 15) is 10.1 Å². The van der Waals surface area contributed by atoms with E-state index in [4.69, 9.17) is 11.6 Å². The maximum absolute atomic E-state index is 12.9. The van der Waals surface area contributed by atoms with Crippen molar-refractivity contribution < 1.29 is 4.79 Å². The average Bonchev–Trinajstić information content (AvgIpc) is 3.46. The van der Waals surface area contributed by atoms with Gasteiger partial charge in [-0.1, -0.05) is 66.5 Å². The number of hydrogen-bond donors (Lipinski definition) is 0. The third-order valence-corrected chi connectivity index (χ3v) is 6.65. The predicted octanol–water partition coefficient (Wildman–Crippen LogP) is 5.36. The molecule has 31 heavy (non-hydrogen) atoms. The van der Waals surface area contributed by atoms with Crippen LogP contribution in [0.4, 0.5) is 5.69 Å². The van der Waals surface area contributed by atoms with Crippen molar-refractivity contribution in [2.24, 2.45) is 0 Å². The molecule has 1 aliphatic rings. The Morgan fingerprint density at radius 1 is 1.13 bits per heavy atom. The predicted molar refractivity (Wildman–Crippen MR) is 123 cm³/mol. The number of halogens is 1. The number of amides is 1. The van der Waals surface area contributed by atoms with Crippen LogP contribution in [0.3, 0.4) is 0 Å². The zero-order valence-electron chi connectivity index (χ0n) is 16.9. The van der Waals surface area contributed by atoms with Gasteiger partial charge in [-0.25, -0.2) is 0 Å². The normalized spacial score (nSPS) is 13.8. The molecule has 0 N–H and O–H groups in total. The zero-order chi connectivity index (χ0) is 21.6. The van der Waals surface area contributed by atoms with Gasteiger partial charge in [0.15, 0.2) is 11.0 Å². The highest BCUT2D eigenvalue weighted by atomic mass is 35.5. The van der Waals surface area contributed by atoms with Crippen LogP contribution < -0.4 is 4.90 Å². The summed E-state index contributed by atoms with van der Waals surface area (Å²) in [7, 11) is 0. The lowest BCUT2D eigenvalue weighted by Crippen LogP contribution is -2.32. The van der Waals surface area contributed by atoms with E-state index in [1.54, 1.807) is 0 Å². The number of nitriles is 1. The molecule has 0 unspecified atom stereocenters. The molecule has 158 valence electrons. The van der Waals surface area contributed by atoms with Gasteiger partial charge in [-0.15, -0.1) is 10.2 Å². The molecule has 6 nitrogen and oxygen atoms in total. The summed E-state index contributed by atoms with van der Waals surface area (Å²) in [6, 6.07) is 19.2. The summed E-state index contributed by atoms with van der Waals surface area (Å²) < 4.78 is 2.14. The van der Waals surface area contributed by atoms with E-state index in [0.29, 0.717) is 21.9 Å². The number of hydrogen-bond acceptors (Lipinski definition) is 5.